The Morgan fingerprint density at radius 3 is 2.83 bits per heavy atom. The van der Waals surface area contributed by atoms with Gasteiger partial charge in [-0.15, -0.1) is 0 Å². The molecule has 0 unspecified atom stereocenters. The molecule has 1 atom stereocenters. The van der Waals surface area contributed by atoms with Crippen molar-refractivity contribution in [1.29, 1.82) is 0 Å². The molecule has 130 valence electrons. The smallest absolute Gasteiger partial charge is 0.314 e. The number of carbonyl (C=O) groups excluding carboxylic acids is 1. The number of rotatable bonds is 5. The first-order chi connectivity index (χ1) is 10.7. The molecule has 6 nitrogen and oxygen atoms in total. The van der Waals surface area contributed by atoms with Crippen molar-refractivity contribution in [3.8, 4) is 0 Å². The van der Waals surface area contributed by atoms with Gasteiger partial charge in [0.25, 0.3) is 0 Å². The Morgan fingerprint density at radius 1 is 1.48 bits per heavy atom. The Hall–Kier alpha value is -1.56. The third-order valence-corrected chi connectivity index (χ3v) is 4.13. The van der Waals surface area contributed by atoms with Gasteiger partial charge in [-0.05, 0) is 38.8 Å². The first-order valence-electron chi connectivity index (χ1n) is 8.55. The van der Waals surface area contributed by atoms with Crippen LogP contribution in [0.1, 0.15) is 52.4 Å². The van der Waals surface area contributed by atoms with Crippen molar-refractivity contribution in [2.75, 3.05) is 19.6 Å². The van der Waals surface area contributed by atoms with Crippen molar-refractivity contribution < 1.29 is 4.79 Å². The van der Waals surface area contributed by atoms with Crippen molar-refractivity contribution in [3.63, 3.8) is 0 Å². The zero-order chi connectivity index (χ0) is 17.0. The largest absolute Gasteiger partial charge is 0.338 e. The number of carbonyl (C=O) groups is 1. The third kappa shape index (κ3) is 5.53. The summed E-state index contributed by atoms with van der Waals surface area (Å²) in [5.74, 6) is 0.526. The van der Waals surface area contributed by atoms with Crippen molar-refractivity contribution >= 4 is 6.03 Å². The van der Waals surface area contributed by atoms with E-state index in [1.165, 1.54) is 5.69 Å². The topological polar surface area (TPSA) is 73.1 Å². The summed E-state index contributed by atoms with van der Waals surface area (Å²) in [6.07, 6.45) is 1.13. The van der Waals surface area contributed by atoms with Crippen molar-refractivity contribution in [2.24, 2.45) is 5.92 Å². The highest BCUT2D eigenvalue weighted by molar-refractivity contribution is 5.74. The number of amides is 2. The maximum atomic E-state index is 11.6. The highest BCUT2D eigenvalue weighted by atomic mass is 16.2. The molecule has 0 saturated carbocycles. The number of hydrogen-bond acceptors (Lipinski definition) is 3. The van der Waals surface area contributed by atoms with E-state index in [9.17, 15) is 4.79 Å². The monoisotopic (exact) mass is 321 g/mol. The van der Waals surface area contributed by atoms with Gasteiger partial charge in [-0.3, -0.25) is 10.00 Å². The number of nitrogens with zero attached hydrogens (tertiary/aromatic N) is 2. The van der Waals surface area contributed by atoms with Gasteiger partial charge >= 0.3 is 6.03 Å². The van der Waals surface area contributed by atoms with Crippen LogP contribution in [0.2, 0.25) is 0 Å². The molecule has 23 heavy (non-hydrogen) atoms. The van der Waals surface area contributed by atoms with Crippen LogP contribution in [0.5, 0.6) is 0 Å². The number of hydrogen-bond donors (Lipinski definition) is 3. The van der Waals surface area contributed by atoms with E-state index < -0.39 is 0 Å². The lowest BCUT2D eigenvalue weighted by Gasteiger charge is -2.16. The minimum Gasteiger partial charge on any atom is -0.338 e. The lowest BCUT2D eigenvalue weighted by Crippen LogP contribution is -2.41. The molecule has 0 bridgehead atoms. The first kappa shape index (κ1) is 17.8. The molecule has 0 aliphatic carbocycles. The molecular formula is C17H31N5O. The summed E-state index contributed by atoms with van der Waals surface area (Å²) in [4.78, 5) is 14.1. The van der Waals surface area contributed by atoms with Crippen molar-refractivity contribution in [1.82, 2.24) is 25.7 Å². The fourth-order valence-corrected chi connectivity index (χ4v) is 2.84. The zero-order valence-corrected chi connectivity index (χ0v) is 15.1. The van der Waals surface area contributed by atoms with Gasteiger partial charge in [0, 0.05) is 36.8 Å². The summed E-state index contributed by atoms with van der Waals surface area (Å²) < 4.78 is 0. The van der Waals surface area contributed by atoms with E-state index in [1.807, 2.05) is 13.8 Å². The Balaban J connectivity index is 1.75. The number of likely N-dealkylation sites (tertiary alicyclic amines) is 1. The van der Waals surface area contributed by atoms with E-state index in [2.05, 4.69) is 52.6 Å². The van der Waals surface area contributed by atoms with Crippen molar-refractivity contribution in [2.45, 2.75) is 59.0 Å². The SMILES string of the molecule is CC(C)NC(=O)NC[C@@H]1CCN(Cc2cc(C(C)(C)C)n[nH]2)C1. The average Bonchev–Trinajstić information content (AvgIpc) is 3.05. The molecule has 2 heterocycles. The molecule has 0 spiro atoms. The van der Waals surface area contributed by atoms with E-state index in [1.54, 1.807) is 0 Å². The Kier molecular flexibility index (Phi) is 5.68. The Morgan fingerprint density at radius 2 is 2.22 bits per heavy atom. The first-order valence-corrected chi connectivity index (χ1v) is 8.55. The van der Waals surface area contributed by atoms with E-state index in [0.29, 0.717) is 5.92 Å². The second-order valence-electron chi connectivity index (χ2n) is 7.93. The minimum atomic E-state index is -0.0677. The molecular weight excluding hydrogens is 290 g/mol. The molecule has 1 saturated heterocycles. The Labute approximate surface area is 139 Å². The molecule has 1 fully saturated rings. The van der Waals surface area contributed by atoms with Gasteiger partial charge in [0.1, 0.15) is 0 Å². The predicted molar refractivity (Wildman–Crippen MR) is 92.3 cm³/mol. The van der Waals surface area contributed by atoms with Crippen LogP contribution in [0.4, 0.5) is 4.79 Å². The minimum absolute atomic E-state index is 0.0677. The third-order valence-electron chi connectivity index (χ3n) is 4.13. The number of aromatic amines is 1. The second kappa shape index (κ2) is 7.34. The molecule has 0 aromatic carbocycles. The van der Waals surface area contributed by atoms with Gasteiger partial charge in [0.2, 0.25) is 0 Å². The highest BCUT2D eigenvalue weighted by Gasteiger charge is 2.24. The molecule has 3 N–H and O–H groups in total. The number of aromatic nitrogens is 2. The van der Waals surface area contributed by atoms with Crippen LogP contribution in [-0.4, -0.2) is 46.8 Å². The molecule has 1 aromatic rings. The lowest BCUT2D eigenvalue weighted by molar-refractivity contribution is 0.236. The van der Waals surface area contributed by atoms with Crippen LogP contribution in [0.3, 0.4) is 0 Å². The van der Waals surface area contributed by atoms with Gasteiger partial charge in [0.15, 0.2) is 0 Å². The summed E-state index contributed by atoms with van der Waals surface area (Å²) in [5, 5.41) is 13.4. The predicted octanol–water partition coefficient (Wildman–Crippen LogP) is 2.24. The summed E-state index contributed by atoms with van der Waals surface area (Å²) in [7, 11) is 0. The second-order valence-corrected chi connectivity index (χ2v) is 7.93. The summed E-state index contributed by atoms with van der Waals surface area (Å²) >= 11 is 0. The van der Waals surface area contributed by atoms with Crippen LogP contribution >= 0.6 is 0 Å². The summed E-state index contributed by atoms with van der Waals surface area (Å²) in [5.41, 5.74) is 2.35. The number of nitrogens with one attached hydrogen (secondary N) is 3. The van der Waals surface area contributed by atoms with E-state index in [4.69, 9.17) is 0 Å². The summed E-state index contributed by atoms with van der Waals surface area (Å²) in [6, 6.07) is 2.27. The van der Waals surface area contributed by atoms with Crippen LogP contribution in [0.15, 0.2) is 6.07 Å². The molecule has 1 aromatic heterocycles. The summed E-state index contributed by atoms with van der Waals surface area (Å²) in [6.45, 7) is 14.2. The molecule has 2 rings (SSSR count). The average molecular weight is 321 g/mol. The fourth-order valence-electron chi connectivity index (χ4n) is 2.84. The Bertz CT molecular complexity index is 517. The van der Waals surface area contributed by atoms with E-state index >= 15 is 0 Å². The van der Waals surface area contributed by atoms with Gasteiger partial charge in [-0.2, -0.15) is 5.10 Å². The van der Waals surface area contributed by atoms with Gasteiger partial charge in [-0.25, -0.2) is 4.79 Å². The fraction of sp³-hybridized carbons (Fsp3) is 0.765. The van der Waals surface area contributed by atoms with Gasteiger partial charge in [-0.1, -0.05) is 20.8 Å². The standard InChI is InChI=1S/C17H31N5O/c1-12(2)19-16(23)18-9-13-6-7-22(10-13)11-14-8-15(21-20-14)17(3,4)5/h8,12-13H,6-7,9-11H2,1-5H3,(H,20,21)(H2,18,19,23)/t13-/m0/s1. The highest BCUT2D eigenvalue weighted by Crippen LogP contribution is 2.22. The van der Waals surface area contributed by atoms with Crippen LogP contribution < -0.4 is 10.6 Å². The maximum Gasteiger partial charge on any atom is 0.314 e. The van der Waals surface area contributed by atoms with Crippen LogP contribution in [-0.2, 0) is 12.0 Å². The van der Waals surface area contributed by atoms with E-state index in [0.717, 1.165) is 38.3 Å². The molecule has 1 aliphatic rings. The normalized spacial score (nSPS) is 19.3. The van der Waals surface area contributed by atoms with Gasteiger partial charge in [0.05, 0.1) is 5.69 Å². The van der Waals surface area contributed by atoms with E-state index in [-0.39, 0.29) is 17.5 Å². The van der Waals surface area contributed by atoms with Crippen LogP contribution in [0.25, 0.3) is 0 Å². The van der Waals surface area contributed by atoms with Gasteiger partial charge < -0.3 is 10.6 Å². The maximum absolute atomic E-state index is 11.6. The molecule has 0 radical (unpaired) electrons. The van der Waals surface area contributed by atoms with Crippen LogP contribution in [0, 0.1) is 5.92 Å². The molecule has 6 heteroatoms. The zero-order valence-electron chi connectivity index (χ0n) is 15.1. The van der Waals surface area contributed by atoms with Crippen molar-refractivity contribution in [3.05, 3.63) is 17.5 Å². The quantitative estimate of drug-likeness (QED) is 0.779. The molecule has 1 aliphatic heterocycles. The lowest BCUT2D eigenvalue weighted by atomic mass is 9.92. The number of H-pyrrole nitrogens is 1. The number of urea groups is 1. The molecule has 2 amide bonds.